The fraction of sp³-hybridized carbons (Fsp3) is 0.353. The molecule has 0 N–H and O–H groups in total. The first kappa shape index (κ1) is 16.9. The Morgan fingerprint density at radius 3 is 2.71 bits per heavy atom. The second-order valence-electron chi connectivity index (χ2n) is 5.77. The van der Waals surface area contributed by atoms with Crippen LogP contribution in [0.4, 0.5) is 18.9 Å². The van der Waals surface area contributed by atoms with E-state index in [1.165, 1.54) is 5.56 Å². The average molecular weight is 357 g/mol. The van der Waals surface area contributed by atoms with Gasteiger partial charge in [-0.05, 0) is 24.6 Å². The lowest BCUT2D eigenvalue weighted by Gasteiger charge is -2.21. The van der Waals surface area contributed by atoms with E-state index in [0.29, 0.717) is 6.54 Å². The number of aryl methyl sites for hydroxylation is 1. The van der Waals surface area contributed by atoms with E-state index in [2.05, 4.69) is 9.88 Å². The molecule has 1 aliphatic rings. The van der Waals surface area contributed by atoms with Crippen LogP contribution in [0.2, 0.25) is 5.02 Å². The molecule has 7 heteroatoms. The van der Waals surface area contributed by atoms with E-state index < -0.39 is 11.7 Å². The summed E-state index contributed by atoms with van der Waals surface area (Å²) in [4.78, 5) is 5.92. The van der Waals surface area contributed by atoms with E-state index >= 15 is 0 Å². The van der Waals surface area contributed by atoms with Gasteiger partial charge in [0.2, 0.25) is 5.88 Å². The highest BCUT2D eigenvalue weighted by molar-refractivity contribution is 6.31. The van der Waals surface area contributed by atoms with Gasteiger partial charge in [-0.15, -0.1) is 0 Å². The molecule has 2 heterocycles. The highest BCUT2D eigenvalue weighted by Gasteiger charge is 2.32. The highest BCUT2D eigenvalue weighted by Crippen LogP contribution is 2.34. The van der Waals surface area contributed by atoms with Gasteiger partial charge in [-0.25, -0.2) is 4.98 Å². The molecule has 0 spiro atoms. The van der Waals surface area contributed by atoms with Gasteiger partial charge in [0.15, 0.2) is 0 Å². The lowest BCUT2D eigenvalue weighted by Crippen LogP contribution is -2.25. The molecular weight excluding hydrogens is 341 g/mol. The SMILES string of the molecule is Cc1ccccc1N1CCC(Oc2ncc(C(F)(F)F)cc2Cl)C1. The molecule has 1 fully saturated rings. The molecule has 1 atom stereocenters. The van der Waals surface area contributed by atoms with Gasteiger partial charge in [-0.1, -0.05) is 29.8 Å². The van der Waals surface area contributed by atoms with Crippen LogP contribution in [0.5, 0.6) is 5.88 Å². The summed E-state index contributed by atoms with van der Waals surface area (Å²) in [6, 6.07) is 8.89. The molecule has 1 aromatic heterocycles. The smallest absolute Gasteiger partial charge is 0.417 e. The Balaban J connectivity index is 1.69. The van der Waals surface area contributed by atoms with Crippen molar-refractivity contribution in [2.45, 2.75) is 25.6 Å². The summed E-state index contributed by atoms with van der Waals surface area (Å²) in [6.07, 6.45) is -3.13. The standard InChI is InChI=1S/C17H16ClF3N2O/c1-11-4-2-3-5-15(11)23-7-6-13(10-23)24-16-14(18)8-12(9-22-16)17(19,20)21/h2-5,8-9,13H,6-7,10H2,1H3. The lowest BCUT2D eigenvalue weighted by atomic mass is 10.2. The van der Waals surface area contributed by atoms with E-state index in [9.17, 15) is 13.2 Å². The topological polar surface area (TPSA) is 25.4 Å². The van der Waals surface area contributed by atoms with Crippen LogP contribution in [0.1, 0.15) is 17.5 Å². The summed E-state index contributed by atoms with van der Waals surface area (Å²) < 4.78 is 43.6. The summed E-state index contributed by atoms with van der Waals surface area (Å²) in [7, 11) is 0. The van der Waals surface area contributed by atoms with Crippen molar-refractivity contribution < 1.29 is 17.9 Å². The minimum atomic E-state index is -4.47. The van der Waals surface area contributed by atoms with Crippen molar-refractivity contribution in [3.63, 3.8) is 0 Å². The van der Waals surface area contributed by atoms with Crippen LogP contribution >= 0.6 is 11.6 Å². The van der Waals surface area contributed by atoms with Gasteiger partial charge >= 0.3 is 6.18 Å². The second kappa shape index (κ2) is 6.51. The van der Waals surface area contributed by atoms with E-state index in [1.54, 1.807) is 0 Å². The zero-order chi connectivity index (χ0) is 17.3. The lowest BCUT2D eigenvalue weighted by molar-refractivity contribution is -0.137. The zero-order valence-electron chi connectivity index (χ0n) is 13.0. The number of hydrogen-bond acceptors (Lipinski definition) is 3. The maximum absolute atomic E-state index is 12.6. The predicted octanol–water partition coefficient (Wildman–Crippen LogP) is 4.72. The Morgan fingerprint density at radius 1 is 1.29 bits per heavy atom. The molecule has 128 valence electrons. The Bertz CT molecular complexity index is 736. The number of nitrogens with zero attached hydrogens (tertiary/aromatic N) is 2. The van der Waals surface area contributed by atoms with Crippen LogP contribution in [-0.2, 0) is 6.18 Å². The van der Waals surface area contributed by atoms with Crippen molar-refractivity contribution in [2.24, 2.45) is 0 Å². The van der Waals surface area contributed by atoms with Gasteiger partial charge in [0, 0.05) is 24.8 Å². The number of aromatic nitrogens is 1. The second-order valence-corrected chi connectivity index (χ2v) is 6.18. The number of anilines is 1. The van der Waals surface area contributed by atoms with Gasteiger partial charge in [-0.2, -0.15) is 13.2 Å². The largest absolute Gasteiger partial charge is 0.471 e. The molecule has 0 radical (unpaired) electrons. The number of ether oxygens (including phenoxy) is 1. The summed E-state index contributed by atoms with van der Waals surface area (Å²) in [5.74, 6) is 0.0429. The molecule has 2 aromatic rings. The van der Waals surface area contributed by atoms with Gasteiger partial charge in [0.05, 0.1) is 12.1 Å². The predicted molar refractivity (Wildman–Crippen MR) is 86.7 cm³/mol. The van der Waals surface area contributed by atoms with E-state index in [-0.39, 0.29) is 17.0 Å². The van der Waals surface area contributed by atoms with Crippen LogP contribution < -0.4 is 9.64 Å². The number of rotatable bonds is 3. The zero-order valence-corrected chi connectivity index (χ0v) is 13.7. The molecule has 1 unspecified atom stereocenters. The first-order valence-electron chi connectivity index (χ1n) is 7.54. The van der Waals surface area contributed by atoms with E-state index in [4.69, 9.17) is 16.3 Å². The number of para-hydroxylation sites is 1. The quantitative estimate of drug-likeness (QED) is 0.795. The first-order chi connectivity index (χ1) is 11.3. The molecule has 0 bridgehead atoms. The molecule has 0 amide bonds. The molecule has 1 aromatic carbocycles. The Labute approximate surface area is 143 Å². The molecule has 3 nitrogen and oxygen atoms in total. The van der Waals surface area contributed by atoms with Gasteiger partial charge < -0.3 is 9.64 Å². The number of pyridine rings is 1. The Hall–Kier alpha value is -1.95. The average Bonchev–Trinajstić information content (AvgIpc) is 2.97. The minimum absolute atomic E-state index is 0.0429. The first-order valence-corrected chi connectivity index (χ1v) is 7.92. The molecule has 0 saturated carbocycles. The Morgan fingerprint density at radius 2 is 2.04 bits per heavy atom. The third-order valence-electron chi connectivity index (χ3n) is 4.01. The van der Waals surface area contributed by atoms with Crippen LogP contribution in [0, 0.1) is 6.92 Å². The summed E-state index contributed by atoms with van der Waals surface area (Å²) in [6.45, 7) is 3.50. The highest BCUT2D eigenvalue weighted by atomic mass is 35.5. The van der Waals surface area contributed by atoms with Gasteiger partial charge in [0.25, 0.3) is 0 Å². The molecule has 24 heavy (non-hydrogen) atoms. The normalized spacial score (nSPS) is 18.0. The van der Waals surface area contributed by atoms with Gasteiger partial charge in [-0.3, -0.25) is 0 Å². The summed E-state index contributed by atoms with van der Waals surface area (Å²) in [5, 5.41) is -0.126. The van der Waals surface area contributed by atoms with Crippen LogP contribution in [0.15, 0.2) is 36.5 Å². The van der Waals surface area contributed by atoms with Gasteiger partial charge in [0.1, 0.15) is 11.1 Å². The van der Waals surface area contributed by atoms with Crippen molar-refractivity contribution in [1.82, 2.24) is 4.98 Å². The molecule has 1 saturated heterocycles. The molecular formula is C17H16ClF3N2O. The van der Waals surface area contributed by atoms with E-state index in [0.717, 1.165) is 30.9 Å². The van der Waals surface area contributed by atoms with Crippen LogP contribution in [0.25, 0.3) is 0 Å². The third-order valence-corrected chi connectivity index (χ3v) is 4.28. The third kappa shape index (κ3) is 3.59. The summed E-state index contributed by atoms with van der Waals surface area (Å²) in [5.41, 5.74) is 1.42. The summed E-state index contributed by atoms with van der Waals surface area (Å²) >= 11 is 5.89. The number of hydrogen-bond donors (Lipinski definition) is 0. The number of alkyl halides is 3. The van der Waals surface area contributed by atoms with Crippen molar-refractivity contribution in [2.75, 3.05) is 18.0 Å². The van der Waals surface area contributed by atoms with E-state index in [1.807, 2.05) is 31.2 Å². The number of halogens is 4. The van der Waals surface area contributed by atoms with Crippen molar-refractivity contribution in [3.05, 3.63) is 52.7 Å². The Kier molecular flexibility index (Phi) is 4.58. The minimum Gasteiger partial charge on any atom is -0.471 e. The fourth-order valence-electron chi connectivity index (χ4n) is 2.79. The molecule has 3 rings (SSSR count). The number of benzene rings is 1. The van der Waals surface area contributed by atoms with Crippen molar-refractivity contribution in [3.8, 4) is 5.88 Å². The maximum atomic E-state index is 12.6. The molecule has 1 aliphatic heterocycles. The van der Waals surface area contributed by atoms with Crippen molar-refractivity contribution >= 4 is 17.3 Å². The fourth-order valence-corrected chi connectivity index (χ4v) is 3.00. The van der Waals surface area contributed by atoms with Crippen LogP contribution in [0.3, 0.4) is 0 Å². The maximum Gasteiger partial charge on any atom is 0.417 e. The van der Waals surface area contributed by atoms with Crippen LogP contribution in [-0.4, -0.2) is 24.2 Å². The monoisotopic (exact) mass is 356 g/mol. The van der Waals surface area contributed by atoms with Crippen molar-refractivity contribution in [1.29, 1.82) is 0 Å². The molecule has 0 aliphatic carbocycles.